The number of rotatable bonds is 5. The van der Waals surface area contributed by atoms with Crippen molar-refractivity contribution in [1.82, 2.24) is 10.6 Å². The molecule has 25 heavy (non-hydrogen) atoms. The Morgan fingerprint density at radius 3 is 2.40 bits per heavy atom. The highest BCUT2D eigenvalue weighted by atomic mass is 127. The molecule has 1 aromatic rings. The van der Waals surface area contributed by atoms with Crippen LogP contribution >= 0.6 is 24.0 Å². The van der Waals surface area contributed by atoms with Crippen LogP contribution in [0.3, 0.4) is 0 Å². The number of halogens is 1. The van der Waals surface area contributed by atoms with Gasteiger partial charge in [-0.25, -0.2) is 0 Å². The van der Waals surface area contributed by atoms with Gasteiger partial charge in [0.2, 0.25) is 0 Å². The number of hydrogen-bond donors (Lipinski definition) is 2. The Bertz CT molecular complexity index is 554. The van der Waals surface area contributed by atoms with E-state index in [0.29, 0.717) is 12.0 Å². The number of nitrogens with zero attached hydrogens (tertiary/aromatic N) is 1. The first-order chi connectivity index (χ1) is 11.5. The maximum absolute atomic E-state index is 5.64. The first-order valence-electron chi connectivity index (χ1n) is 9.09. The zero-order chi connectivity index (χ0) is 17.6. The van der Waals surface area contributed by atoms with Crippen molar-refractivity contribution in [2.24, 2.45) is 10.9 Å². The van der Waals surface area contributed by atoms with Crippen molar-refractivity contribution in [3.63, 3.8) is 0 Å². The highest BCUT2D eigenvalue weighted by Gasteiger charge is 2.35. The molecule has 1 aromatic carbocycles. The van der Waals surface area contributed by atoms with E-state index in [1.54, 1.807) is 0 Å². The summed E-state index contributed by atoms with van der Waals surface area (Å²) in [4.78, 5) is 4.41. The van der Waals surface area contributed by atoms with Crippen LogP contribution in [0.4, 0.5) is 0 Å². The normalized spacial score (nSPS) is 18.4. The molecule has 2 N–H and O–H groups in total. The third-order valence-electron chi connectivity index (χ3n) is 5.35. The van der Waals surface area contributed by atoms with E-state index in [1.165, 1.54) is 11.1 Å². The predicted molar refractivity (Wildman–Crippen MR) is 117 cm³/mol. The maximum atomic E-state index is 5.64. The van der Waals surface area contributed by atoms with Crippen molar-refractivity contribution in [3.05, 3.63) is 35.4 Å². The van der Waals surface area contributed by atoms with Crippen LogP contribution in [0.15, 0.2) is 29.3 Å². The van der Waals surface area contributed by atoms with Gasteiger partial charge in [-0.1, -0.05) is 38.1 Å². The molecule has 142 valence electrons. The van der Waals surface area contributed by atoms with Crippen LogP contribution in [0, 0.1) is 12.8 Å². The lowest BCUT2D eigenvalue weighted by Gasteiger charge is -2.39. The van der Waals surface area contributed by atoms with E-state index in [1.807, 2.05) is 7.05 Å². The van der Waals surface area contributed by atoms with E-state index < -0.39 is 0 Å². The molecular formula is C20H34IN3O. The predicted octanol–water partition coefficient (Wildman–Crippen LogP) is 3.87. The van der Waals surface area contributed by atoms with Crippen molar-refractivity contribution in [1.29, 1.82) is 0 Å². The fourth-order valence-electron chi connectivity index (χ4n) is 3.30. The molecule has 1 aliphatic heterocycles. The maximum Gasteiger partial charge on any atom is 0.191 e. The molecule has 1 unspecified atom stereocenters. The van der Waals surface area contributed by atoms with Crippen molar-refractivity contribution in [2.45, 2.75) is 52.0 Å². The molecule has 0 radical (unpaired) electrons. The van der Waals surface area contributed by atoms with E-state index in [2.05, 4.69) is 67.6 Å². The minimum Gasteiger partial charge on any atom is -0.381 e. The Kier molecular flexibility index (Phi) is 9.21. The summed E-state index contributed by atoms with van der Waals surface area (Å²) in [5, 5.41) is 7.07. The van der Waals surface area contributed by atoms with Crippen molar-refractivity contribution < 1.29 is 4.74 Å². The van der Waals surface area contributed by atoms with E-state index in [4.69, 9.17) is 4.74 Å². The van der Waals surface area contributed by atoms with Gasteiger partial charge in [-0.3, -0.25) is 4.99 Å². The Labute approximate surface area is 170 Å². The molecule has 0 saturated carbocycles. The quantitative estimate of drug-likeness (QED) is 0.399. The number of guanidine groups is 1. The number of aryl methyl sites for hydroxylation is 1. The summed E-state index contributed by atoms with van der Waals surface area (Å²) in [6.45, 7) is 11.4. The fourth-order valence-corrected chi connectivity index (χ4v) is 3.30. The molecule has 5 heteroatoms. The molecule has 0 aromatic heterocycles. The van der Waals surface area contributed by atoms with E-state index in [9.17, 15) is 0 Å². The zero-order valence-corrected chi connectivity index (χ0v) is 18.6. The molecule has 0 amide bonds. The van der Waals surface area contributed by atoms with E-state index >= 15 is 0 Å². The summed E-state index contributed by atoms with van der Waals surface area (Å²) in [6, 6.07) is 9.13. The summed E-state index contributed by atoms with van der Waals surface area (Å²) >= 11 is 0. The highest BCUT2D eigenvalue weighted by Crippen LogP contribution is 2.36. The minimum absolute atomic E-state index is 0. The molecule has 1 saturated heterocycles. The number of ether oxygens (including phenoxy) is 1. The van der Waals surface area contributed by atoms with Gasteiger partial charge in [-0.15, -0.1) is 24.0 Å². The summed E-state index contributed by atoms with van der Waals surface area (Å²) < 4.78 is 5.64. The van der Waals surface area contributed by atoms with Gasteiger partial charge < -0.3 is 15.4 Å². The van der Waals surface area contributed by atoms with Crippen LogP contribution in [0.2, 0.25) is 0 Å². The number of benzene rings is 1. The zero-order valence-electron chi connectivity index (χ0n) is 16.3. The molecule has 0 spiro atoms. The Hall–Kier alpha value is -0.820. The van der Waals surface area contributed by atoms with Gasteiger partial charge in [-0.2, -0.15) is 0 Å². The van der Waals surface area contributed by atoms with Gasteiger partial charge in [0.15, 0.2) is 5.96 Å². The SMILES string of the molecule is CN=C(NCC1(c2ccccc2C)CCOCC1)NC(C)C(C)C.I. The molecule has 2 rings (SSSR count). The smallest absolute Gasteiger partial charge is 0.191 e. The second-order valence-electron chi connectivity index (χ2n) is 7.31. The average Bonchev–Trinajstić information content (AvgIpc) is 2.59. The molecule has 0 aliphatic carbocycles. The summed E-state index contributed by atoms with van der Waals surface area (Å²) in [5.74, 6) is 1.45. The molecular weight excluding hydrogens is 425 g/mol. The van der Waals surface area contributed by atoms with Crippen molar-refractivity contribution in [3.8, 4) is 0 Å². The summed E-state index contributed by atoms with van der Waals surface area (Å²) in [6.07, 6.45) is 2.09. The Morgan fingerprint density at radius 2 is 1.84 bits per heavy atom. The third kappa shape index (κ3) is 5.84. The lowest BCUT2D eigenvalue weighted by Crippen LogP contribution is -2.50. The molecule has 1 heterocycles. The van der Waals surface area contributed by atoms with Gasteiger partial charge in [0, 0.05) is 38.3 Å². The monoisotopic (exact) mass is 459 g/mol. The van der Waals surface area contributed by atoms with Crippen LogP contribution in [0.5, 0.6) is 0 Å². The standard InChI is InChI=1S/C20H33N3O.HI/c1-15(2)17(4)23-19(21-5)22-14-20(10-12-24-13-11-20)18-9-7-6-8-16(18)3;/h6-9,15,17H,10-14H2,1-5H3,(H2,21,22,23);1H. The Morgan fingerprint density at radius 1 is 1.20 bits per heavy atom. The number of hydrogen-bond acceptors (Lipinski definition) is 2. The van der Waals surface area contributed by atoms with E-state index in [0.717, 1.165) is 38.6 Å². The average molecular weight is 459 g/mol. The topological polar surface area (TPSA) is 45.7 Å². The van der Waals surface area contributed by atoms with Gasteiger partial charge in [-0.05, 0) is 43.7 Å². The molecule has 1 atom stereocenters. The summed E-state index contributed by atoms with van der Waals surface area (Å²) in [5.41, 5.74) is 2.91. The van der Waals surface area contributed by atoms with Crippen molar-refractivity contribution >= 4 is 29.9 Å². The van der Waals surface area contributed by atoms with Crippen LogP contribution < -0.4 is 10.6 Å². The minimum atomic E-state index is 0. The first kappa shape index (κ1) is 22.2. The highest BCUT2D eigenvalue weighted by molar-refractivity contribution is 14.0. The summed E-state index contributed by atoms with van der Waals surface area (Å²) in [7, 11) is 1.84. The molecule has 4 nitrogen and oxygen atoms in total. The first-order valence-corrected chi connectivity index (χ1v) is 9.09. The van der Waals surface area contributed by atoms with Crippen LogP contribution in [-0.2, 0) is 10.2 Å². The van der Waals surface area contributed by atoms with Crippen LogP contribution in [-0.4, -0.2) is 38.8 Å². The Balaban J connectivity index is 0.00000312. The molecule has 0 bridgehead atoms. The van der Waals surface area contributed by atoms with Gasteiger partial charge in [0.05, 0.1) is 0 Å². The lowest BCUT2D eigenvalue weighted by atomic mass is 9.72. The van der Waals surface area contributed by atoms with Crippen LogP contribution in [0.25, 0.3) is 0 Å². The lowest BCUT2D eigenvalue weighted by molar-refractivity contribution is 0.0511. The van der Waals surface area contributed by atoms with Crippen molar-refractivity contribution in [2.75, 3.05) is 26.8 Å². The molecule has 1 fully saturated rings. The van der Waals surface area contributed by atoms with Gasteiger partial charge in [0.1, 0.15) is 0 Å². The fraction of sp³-hybridized carbons (Fsp3) is 0.650. The number of nitrogens with one attached hydrogen (secondary N) is 2. The van der Waals surface area contributed by atoms with Crippen LogP contribution in [0.1, 0.15) is 44.7 Å². The van der Waals surface area contributed by atoms with E-state index in [-0.39, 0.29) is 29.4 Å². The second kappa shape index (κ2) is 10.4. The number of aliphatic imine (C=N–C) groups is 1. The van der Waals surface area contributed by atoms with Gasteiger partial charge in [0.25, 0.3) is 0 Å². The third-order valence-corrected chi connectivity index (χ3v) is 5.35. The largest absolute Gasteiger partial charge is 0.381 e. The van der Waals surface area contributed by atoms with Gasteiger partial charge >= 0.3 is 0 Å². The molecule has 1 aliphatic rings. The second-order valence-corrected chi connectivity index (χ2v) is 7.31.